The molecule has 0 atom stereocenters. The molecule has 0 N–H and O–H groups in total. The monoisotopic (exact) mass is 462 g/mol. The molecular weight excluding hydrogens is 431 g/mol. The zero-order chi connectivity index (χ0) is 23.0. The molecule has 2 aromatic carbocycles. The summed E-state index contributed by atoms with van der Waals surface area (Å²) in [7, 11) is 0. The molecule has 168 valence electrons. The SMILES string of the molecule is C=C(C)OC(=C)COc1ccc(C(C)(C)c2cc(Cl)c(OCCCCl)c(CC)c2)cc1. The van der Waals surface area contributed by atoms with Crippen molar-refractivity contribution in [3.8, 4) is 11.5 Å². The third-order valence-electron chi connectivity index (χ3n) is 5.04. The number of benzene rings is 2. The second-order valence-electron chi connectivity index (χ2n) is 7.97. The second kappa shape index (κ2) is 11.5. The number of alkyl halides is 1. The third-order valence-corrected chi connectivity index (χ3v) is 5.59. The van der Waals surface area contributed by atoms with Gasteiger partial charge in [0.05, 0.1) is 17.4 Å². The average molecular weight is 463 g/mol. The summed E-state index contributed by atoms with van der Waals surface area (Å²) in [5, 5.41) is 0.632. The molecule has 0 bridgehead atoms. The normalized spacial score (nSPS) is 11.2. The highest BCUT2D eigenvalue weighted by molar-refractivity contribution is 6.32. The Morgan fingerprint density at radius 3 is 2.29 bits per heavy atom. The first kappa shape index (κ1) is 25.2. The number of halogens is 2. The topological polar surface area (TPSA) is 27.7 Å². The van der Waals surface area contributed by atoms with E-state index in [-0.39, 0.29) is 12.0 Å². The standard InChI is InChI=1S/C26H32Cl2O3/c1-7-20-15-22(16-24(28)25(20)29-14-8-13-27)26(5,6)21-9-11-23(12-10-21)30-17-19(4)31-18(2)3/h9-12,15-16H,2,4,7-8,13-14,17H2,1,3,5-6H3. The zero-order valence-corrected chi connectivity index (χ0v) is 20.4. The molecule has 0 aromatic heterocycles. The number of rotatable bonds is 12. The highest BCUT2D eigenvalue weighted by atomic mass is 35.5. The minimum Gasteiger partial charge on any atom is -0.492 e. The molecule has 0 fully saturated rings. The largest absolute Gasteiger partial charge is 0.492 e. The van der Waals surface area contributed by atoms with Gasteiger partial charge < -0.3 is 14.2 Å². The van der Waals surface area contributed by atoms with Crippen LogP contribution in [0.4, 0.5) is 0 Å². The minimum absolute atomic E-state index is 0.243. The molecule has 0 heterocycles. The van der Waals surface area contributed by atoms with Gasteiger partial charge in [-0.3, -0.25) is 0 Å². The fourth-order valence-electron chi connectivity index (χ4n) is 3.24. The number of hydrogen-bond acceptors (Lipinski definition) is 3. The fraction of sp³-hybridized carbons (Fsp3) is 0.385. The first-order chi connectivity index (χ1) is 14.7. The van der Waals surface area contributed by atoms with Crippen LogP contribution in [0, 0.1) is 0 Å². The molecule has 5 heteroatoms. The van der Waals surface area contributed by atoms with Gasteiger partial charge in [0.25, 0.3) is 0 Å². The van der Waals surface area contributed by atoms with Crippen LogP contribution in [0.25, 0.3) is 0 Å². The Hall–Kier alpha value is -2.10. The van der Waals surface area contributed by atoms with Crippen LogP contribution in [0.2, 0.25) is 5.02 Å². The Kier molecular flexibility index (Phi) is 9.33. The van der Waals surface area contributed by atoms with E-state index in [1.165, 1.54) is 0 Å². The molecule has 0 saturated heterocycles. The molecular formula is C26H32Cl2O3. The van der Waals surface area contributed by atoms with E-state index in [9.17, 15) is 0 Å². The number of hydrogen-bond donors (Lipinski definition) is 0. The van der Waals surface area contributed by atoms with Crippen LogP contribution in [0.1, 0.15) is 50.8 Å². The summed E-state index contributed by atoms with van der Waals surface area (Å²) in [4.78, 5) is 0. The molecule has 0 radical (unpaired) electrons. The highest BCUT2D eigenvalue weighted by Crippen LogP contribution is 2.39. The Bertz CT molecular complexity index is 902. The molecule has 3 nitrogen and oxygen atoms in total. The van der Waals surface area contributed by atoms with Crippen molar-refractivity contribution in [2.75, 3.05) is 19.1 Å². The van der Waals surface area contributed by atoms with Crippen molar-refractivity contribution in [3.63, 3.8) is 0 Å². The lowest BCUT2D eigenvalue weighted by molar-refractivity contribution is 0.231. The quantitative estimate of drug-likeness (QED) is 0.184. The van der Waals surface area contributed by atoms with Gasteiger partial charge >= 0.3 is 0 Å². The van der Waals surface area contributed by atoms with Crippen molar-refractivity contribution in [3.05, 3.63) is 82.8 Å². The second-order valence-corrected chi connectivity index (χ2v) is 8.76. The molecule has 0 aliphatic carbocycles. The maximum atomic E-state index is 6.61. The van der Waals surface area contributed by atoms with E-state index in [0.717, 1.165) is 41.0 Å². The third kappa shape index (κ3) is 6.95. The van der Waals surface area contributed by atoms with Crippen LogP contribution in [0.5, 0.6) is 11.5 Å². The molecule has 2 rings (SSSR count). The molecule has 0 amide bonds. The van der Waals surface area contributed by atoms with Gasteiger partial charge in [0, 0.05) is 11.3 Å². The van der Waals surface area contributed by atoms with Gasteiger partial charge in [-0.15, -0.1) is 11.6 Å². The summed E-state index contributed by atoms with van der Waals surface area (Å²) >= 11 is 12.4. The molecule has 0 spiro atoms. The van der Waals surface area contributed by atoms with E-state index in [1.54, 1.807) is 6.92 Å². The molecule has 0 aliphatic rings. The van der Waals surface area contributed by atoms with E-state index >= 15 is 0 Å². The first-order valence-electron chi connectivity index (χ1n) is 10.4. The van der Waals surface area contributed by atoms with Crippen molar-refractivity contribution < 1.29 is 14.2 Å². The van der Waals surface area contributed by atoms with E-state index in [1.807, 2.05) is 18.2 Å². The molecule has 0 saturated carbocycles. The number of aryl methyl sites for hydroxylation is 1. The van der Waals surface area contributed by atoms with Crippen LogP contribution in [-0.2, 0) is 16.6 Å². The maximum Gasteiger partial charge on any atom is 0.145 e. The Morgan fingerprint density at radius 2 is 1.71 bits per heavy atom. The Morgan fingerprint density at radius 1 is 1.03 bits per heavy atom. The minimum atomic E-state index is -0.243. The van der Waals surface area contributed by atoms with Gasteiger partial charge in [-0.1, -0.05) is 63.7 Å². The highest BCUT2D eigenvalue weighted by Gasteiger charge is 2.25. The van der Waals surface area contributed by atoms with Crippen molar-refractivity contribution in [2.24, 2.45) is 0 Å². The van der Waals surface area contributed by atoms with Crippen LogP contribution < -0.4 is 9.47 Å². The van der Waals surface area contributed by atoms with Gasteiger partial charge in [0.15, 0.2) is 0 Å². The van der Waals surface area contributed by atoms with Crippen LogP contribution in [-0.4, -0.2) is 19.1 Å². The van der Waals surface area contributed by atoms with Crippen molar-refractivity contribution in [1.29, 1.82) is 0 Å². The van der Waals surface area contributed by atoms with Crippen molar-refractivity contribution in [2.45, 2.75) is 46.0 Å². The molecule has 2 aromatic rings. The summed E-state index contributed by atoms with van der Waals surface area (Å²) in [6.45, 7) is 16.6. The number of allylic oxidation sites excluding steroid dienone is 1. The average Bonchev–Trinajstić information content (AvgIpc) is 2.73. The van der Waals surface area contributed by atoms with E-state index in [2.05, 4.69) is 52.1 Å². The van der Waals surface area contributed by atoms with Gasteiger partial charge in [-0.25, -0.2) is 0 Å². The van der Waals surface area contributed by atoms with Gasteiger partial charge in [-0.2, -0.15) is 0 Å². The predicted molar refractivity (Wildman–Crippen MR) is 131 cm³/mol. The lowest BCUT2D eigenvalue weighted by Gasteiger charge is -2.28. The summed E-state index contributed by atoms with van der Waals surface area (Å²) in [5.41, 5.74) is 3.15. The summed E-state index contributed by atoms with van der Waals surface area (Å²) in [6, 6.07) is 12.2. The van der Waals surface area contributed by atoms with Crippen LogP contribution >= 0.6 is 23.2 Å². The van der Waals surface area contributed by atoms with Crippen LogP contribution in [0.3, 0.4) is 0 Å². The van der Waals surface area contributed by atoms with E-state index < -0.39 is 0 Å². The smallest absolute Gasteiger partial charge is 0.145 e. The fourth-order valence-corrected chi connectivity index (χ4v) is 3.64. The molecule has 31 heavy (non-hydrogen) atoms. The van der Waals surface area contributed by atoms with Crippen molar-refractivity contribution in [1.82, 2.24) is 0 Å². The van der Waals surface area contributed by atoms with E-state index in [0.29, 0.717) is 29.0 Å². The molecule has 0 unspecified atom stereocenters. The van der Waals surface area contributed by atoms with Gasteiger partial charge in [0.1, 0.15) is 23.9 Å². The summed E-state index contributed by atoms with van der Waals surface area (Å²) < 4.78 is 17.0. The van der Waals surface area contributed by atoms with Crippen LogP contribution in [0.15, 0.2) is 61.1 Å². The lowest BCUT2D eigenvalue weighted by atomic mass is 9.77. The lowest BCUT2D eigenvalue weighted by Crippen LogP contribution is -2.19. The van der Waals surface area contributed by atoms with E-state index in [4.69, 9.17) is 37.4 Å². The molecule has 0 aliphatic heterocycles. The van der Waals surface area contributed by atoms with Gasteiger partial charge in [0.2, 0.25) is 0 Å². The van der Waals surface area contributed by atoms with Gasteiger partial charge in [-0.05, 0) is 54.7 Å². The first-order valence-corrected chi connectivity index (χ1v) is 11.4. The number of ether oxygens (including phenoxy) is 3. The van der Waals surface area contributed by atoms with Crippen molar-refractivity contribution >= 4 is 23.2 Å². The Balaban J connectivity index is 2.19. The summed E-state index contributed by atoms with van der Waals surface area (Å²) in [5.74, 6) is 3.19. The Labute approximate surface area is 196 Å². The zero-order valence-electron chi connectivity index (χ0n) is 18.9. The maximum absolute atomic E-state index is 6.61. The predicted octanol–water partition coefficient (Wildman–Crippen LogP) is 7.68. The summed E-state index contributed by atoms with van der Waals surface area (Å²) in [6.07, 6.45) is 1.62.